The van der Waals surface area contributed by atoms with Gasteiger partial charge < -0.3 is 19.1 Å². The molecule has 1 aliphatic heterocycles. The highest BCUT2D eigenvalue weighted by atomic mass is 31.2. The molecule has 0 amide bonds. The largest absolute Gasteiger partial charge is 0.468 e. The number of para-hydroxylation sites is 1. The summed E-state index contributed by atoms with van der Waals surface area (Å²) in [5.74, 6) is -0.452. The van der Waals surface area contributed by atoms with Gasteiger partial charge in [-0.25, -0.2) is 9.36 Å². The van der Waals surface area contributed by atoms with Gasteiger partial charge in [0.2, 0.25) is 0 Å². The van der Waals surface area contributed by atoms with Crippen molar-refractivity contribution < 1.29 is 33.0 Å². The van der Waals surface area contributed by atoms with E-state index in [0.29, 0.717) is 5.56 Å². The van der Waals surface area contributed by atoms with E-state index in [0.717, 1.165) is 4.57 Å². The van der Waals surface area contributed by atoms with Gasteiger partial charge in [0.1, 0.15) is 24.1 Å². The Labute approximate surface area is 189 Å². The number of aliphatic hydroxyl groups is 1. The maximum Gasteiger partial charge on any atom is 0.459 e. The normalized spacial score (nSPS) is 23.0. The molecular formula is C20H26N3O9P. The minimum atomic E-state index is -4.12. The van der Waals surface area contributed by atoms with E-state index >= 15 is 0 Å². The summed E-state index contributed by atoms with van der Waals surface area (Å²) in [7, 11) is -2.93. The van der Waals surface area contributed by atoms with Gasteiger partial charge in [-0.05, 0) is 26.0 Å². The number of hydrogen-bond acceptors (Lipinski definition) is 9. The van der Waals surface area contributed by atoms with Gasteiger partial charge in [-0.3, -0.25) is 23.7 Å². The van der Waals surface area contributed by atoms with Gasteiger partial charge in [-0.1, -0.05) is 18.2 Å². The molecule has 1 saturated heterocycles. The van der Waals surface area contributed by atoms with Crippen LogP contribution < -0.4 is 20.9 Å². The Balaban J connectivity index is 1.73. The van der Waals surface area contributed by atoms with Gasteiger partial charge in [-0.15, -0.1) is 0 Å². The molecule has 0 saturated carbocycles. The molecule has 5 atom stereocenters. The summed E-state index contributed by atoms with van der Waals surface area (Å²) in [5, 5.41) is 12.9. The summed E-state index contributed by atoms with van der Waals surface area (Å²) in [4.78, 5) is 37.7. The predicted molar refractivity (Wildman–Crippen MR) is 116 cm³/mol. The number of carbonyl (C=O) groups excluding carboxylic acids is 1. The molecule has 0 aliphatic carbocycles. The fraction of sp³-hybridized carbons (Fsp3) is 0.450. The lowest BCUT2D eigenvalue weighted by atomic mass is 10.2. The van der Waals surface area contributed by atoms with Crippen LogP contribution in [0, 0.1) is 6.92 Å². The van der Waals surface area contributed by atoms with Crippen molar-refractivity contribution in [2.75, 3.05) is 13.7 Å². The summed E-state index contributed by atoms with van der Waals surface area (Å²) in [6.45, 7) is 2.59. The quantitative estimate of drug-likeness (QED) is 0.345. The summed E-state index contributed by atoms with van der Waals surface area (Å²) in [5.41, 5.74) is -0.898. The molecule has 13 heteroatoms. The molecule has 180 valence electrons. The number of hydrogen-bond donors (Lipinski definition) is 3. The minimum absolute atomic E-state index is 0.0370. The van der Waals surface area contributed by atoms with Gasteiger partial charge in [0, 0.05) is 18.2 Å². The topological polar surface area (TPSA) is 158 Å². The minimum Gasteiger partial charge on any atom is -0.468 e. The molecule has 1 aliphatic rings. The van der Waals surface area contributed by atoms with Crippen LogP contribution in [0.4, 0.5) is 0 Å². The fourth-order valence-corrected chi connectivity index (χ4v) is 4.69. The average molecular weight is 483 g/mol. The van der Waals surface area contributed by atoms with E-state index in [1.54, 1.807) is 30.3 Å². The fourth-order valence-electron chi connectivity index (χ4n) is 3.18. The van der Waals surface area contributed by atoms with Crippen molar-refractivity contribution in [2.45, 2.75) is 44.7 Å². The van der Waals surface area contributed by atoms with Gasteiger partial charge >= 0.3 is 19.4 Å². The van der Waals surface area contributed by atoms with Crippen LogP contribution in [0.15, 0.2) is 46.1 Å². The van der Waals surface area contributed by atoms with E-state index < -0.39 is 49.4 Å². The number of methoxy groups -OCH3 is 1. The van der Waals surface area contributed by atoms with E-state index in [2.05, 4.69) is 14.8 Å². The molecule has 1 aromatic carbocycles. The highest BCUT2D eigenvalue weighted by Crippen LogP contribution is 2.45. The summed E-state index contributed by atoms with van der Waals surface area (Å²) in [6.07, 6.45) is -1.51. The first kappa shape index (κ1) is 24.9. The summed E-state index contributed by atoms with van der Waals surface area (Å²) < 4.78 is 35.9. The second-order valence-electron chi connectivity index (χ2n) is 7.48. The van der Waals surface area contributed by atoms with Crippen LogP contribution in [-0.4, -0.2) is 52.6 Å². The predicted octanol–water partition coefficient (Wildman–Crippen LogP) is 0.848. The van der Waals surface area contributed by atoms with Crippen molar-refractivity contribution in [3.63, 3.8) is 0 Å². The van der Waals surface area contributed by atoms with Crippen molar-refractivity contribution in [3.05, 3.63) is 62.9 Å². The number of benzene rings is 1. The van der Waals surface area contributed by atoms with Crippen LogP contribution in [0.2, 0.25) is 0 Å². The molecule has 2 heterocycles. The number of nitrogens with one attached hydrogen (secondary N) is 2. The van der Waals surface area contributed by atoms with Gasteiger partial charge in [0.25, 0.3) is 5.56 Å². The average Bonchev–Trinajstić information content (AvgIpc) is 3.15. The standard InChI is InChI=1S/C20H26N3O9P/c1-12-10-23(20(27)21-18(12)25)17-9-15(24)16(31-17)11-30-33(28,22-13(2)19(26)29-3)32-14-7-5-4-6-8-14/h4-8,10,13,15-17,24H,9,11H2,1-3H3,(H,22,28)(H,21,25,27)/t13-,15?,16?,17?,33?/m0/s1. The first-order chi connectivity index (χ1) is 15.6. The van der Waals surface area contributed by atoms with E-state index in [9.17, 15) is 24.1 Å². The number of aryl methyl sites for hydroxylation is 1. The zero-order valence-electron chi connectivity index (χ0n) is 18.3. The molecule has 4 unspecified atom stereocenters. The Kier molecular flexibility index (Phi) is 7.88. The molecule has 2 aromatic rings. The highest BCUT2D eigenvalue weighted by Gasteiger charge is 2.39. The van der Waals surface area contributed by atoms with Crippen molar-refractivity contribution in [2.24, 2.45) is 0 Å². The molecule has 3 N–H and O–H groups in total. The van der Waals surface area contributed by atoms with Crippen molar-refractivity contribution in [3.8, 4) is 5.75 Å². The Morgan fingerprint density at radius 3 is 2.73 bits per heavy atom. The Morgan fingerprint density at radius 1 is 1.36 bits per heavy atom. The number of aromatic amines is 1. The third-order valence-electron chi connectivity index (χ3n) is 4.94. The van der Waals surface area contributed by atoms with Crippen LogP contribution in [0.5, 0.6) is 5.75 Å². The van der Waals surface area contributed by atoms with E-state index in [1.807, 2.05) is 0 Å². The maximum atomic E-state index is 13.4. The number of aromatic nitrogens is 2. The molecule has 3 rings (SSSR count). The summed E-state index contributed by atoms with van der Waals surface area (Å²) in [6, 6.07) is 7.18. The molecule has 0 spiro atoms. The van der Waals surface area contributed by atoms with E-state index in [-0.39, 0.29) is 18.8 Å². The number of rotatable bonds is 9. The third kappa shape index (κ3) is 6.18. The Bertz CT molecular complexity index is 1130. The van der Waals surface area contributed by atoms with E-state index in [1.165, 1.54) is 27.2 Å². The zero-order chi connectivity index (χ0) is 24.2. The number of H-pyrrole nitrogens is 1. The molecule has 1 aromatic heterocycles. The van der Waals surface area contributed by atoms with Crippen molar-refractivity contribution >= 4 is 13.7 Å². The molecule has 33 heavy (non-hydrogen) atoms. The smallest absolute Gasteiger partial charge is 0.459 e. The third-order valence-corrected chi connectivity index (χ3v) is 6.59. The molecular weight excluding hydrogens is 457 g/mol. The first-order valence-corrected chi connectivity index (χ1v) is 11.7. The second kappa shape index (κ2) is 10.4. The number of esters is 1. The second-order valence-corrected chi connectivity index (χ2v) is 9.18. The first-order valence-electron chi connectivity index (χ1n) is 10.1. The number of ether oxygens (including phenoxy) is 2. The number of carbonyl (C=O) groups is 1. The van der Waals surface area contributed by atoms with Gasteiger partial charge in [-0.2, -0.15) is 5.09 Å². The highest BCUT2D eigenvalue weighted by molar-refractivity contribution is 7.52. The van der Waals surface area contributed by atoms with Crippen LogP contribution in [0.1, 0.15) is 25.1 Å². The SMILES string of the molecule is COC(=O)[C@H](C)NP(=O)(OCC1OC(n2cc(C)c(=O)[nH]c2=O)CC1O)Oc1ccccc1. The maximum absolute atomic E-state index is 13.4. The molecule has 0 bridgehead atoms. The summed E-state index contributed by atoms with van der Waals surface area (Å²) >= 11 is 0. The number of aliphatic hydroxyl groups excluding tert-OH is 1. The van der Waals surface area contributed by atoms with Crippen molar-refractivity contribution in [1.29, 1.82) is 0 Å². The van der Waals surface area contributed by atoms with Crippen LogP contribution in [0.25, 0.3) is 0 Å². The van der Waals surface area contributed by atoms with Crippen LogP contribution >= 0.6 is 7.75 Å². The monoisotopic (exact) mass is 483 g/mol. The van der Waals surface area contributed by atoms with Gasteiger partial charge in [0.15, 0.2) is 0 Å². The van der Waals surface area contributed by atoms with Crippen LogP contribution in [0.3, 0.4) is 0 Å². The van der Waals surface area contributed by atoms with Crippen molar-refractivity contribution in [1.82, 2.24) is 14.6 Å². The van der Waals surface area contributed by atoms with E-state index in [4.69, 9.17) is 13.8 Å². The van der Waals surface area contributed by atoms with Crippen LogP contribution in [-0.2, 0) is 23.4 Å². The lowest BCUT2D eigenvalue weighted by Crippen LogP contribution is -2.36. The Morgan fingerprint density at radius 2 is 2.06 bits per heavy atom. The zero-order valence-corrected chi connectivity index (χ0v) is 19.2. The Hall–Kier alpha value is -2.76. The number of nitrogens with zero attached hydrogens (tertiary/aromatic N) is 1. The molecule has 1 fully saturated rings. The molecule has 12 nitrogen and oxygen atoms in total. The molecule has 0 radical (unpaired) electrons. The lowest BCUT2D eigenvalue weighted by molar-refractivity contribution is -0.142. The van der Waals surface area contributed by atoms with Gasteiger partial charge in [0.05, 0.1) is 19.8 Å². The lowest BCUT2D eigenvalue weighted by Gasteiger charge is -2.24.